The summed E-state index contributed by atoms with van der Waals surface area (Å²) >= 11 is 0. The van der Waals surface area contributed by atoms with E-state index in [4.69, 9.17) is 8.94 Å². The van der Waals surface area contributed by atoms with Gasteiger partial charge in [-0.15, -0.1) is 0 Å². The number of furan rings is 1. The number of likely N-dealkylation sites (tertiary alicyclic amines) is 1. The van der Waals surface area contributed by atoms with Gasteiger partial charge in [0.05, 0.1) is 18.9 Å². The first-order chi connectivity index (χ1) is 9.72. The Labute approximate surface area is 117 Å². The van der Waals surface area contributed by atoms with Crippen LogP contribution in [-0.2, 0) is 6.54 Å². The molecule has 1 aliphatic heterocycles. The molecule has 3 rings (SSSR count). The molecule has 2 unspecified atom stereocenters. The van der Waals surface area contributed by atoms with E-state index in [9.17, 15) is 5.11 Å². The normalized spacial score (nSPS) is 22.0. The van der Waals surface area contributed by atoms with Gasteiger partial charge in [0.25, 0.3) is 0 Å². The molecule has 0 amide bonds. The average molecular weight is 277 g/mol. The first-order valence-electron chi connectivity index (χ1n) is 6.99. The zero-order valence-electron chi connectivity index (χ0n) is 11.5. The molecule has 20 heavy (non-hydrogen) atoms. The third-order valence-electron chi connectivity index (χ3n) is 3.79. The van der Waals surface area contributed by atoms with Crippen LogP contribution in [-0.4, -0.2) is 39.3 Å². The SMILES string of the molecule is CC(O)C1CCCN(Cc2nc(-c3ccco3)no2)C1. The lowest BCUT2D eigenvalue weighted by molar-refractivity contribution is 0.0556. The van der Waals surface area contributed by atoms with Crippen LogP contribution in [0.2, 0.25) is 0 Å². The molecular weight excluding hydrogens is 258 g/mol. The Morgan fingerprint density at radius 2 is 2.45 bits per heavy atom. The predicted molar refractivity (Wildman–Crippen MR) is 71.7 cm³/mol. The minimum Gasteiger partial charge on any atom is -0.461 e. The first kappa shape index (κ1) is 13.3. The van der Waals surface area contributed by atoms with Crippen LogP contribution in [0.4, 0.5) is 0 Å². The molecule has 2 aromatic heterocycles. The van der Waals surface area contributed by atoms with Crippen LogP contribution in [0.5, 0.6) is 0 Å². The average Bonchev–Trinajstić information content (AvgIpc) is 3.09. The number of aliphatic hydroxyl groups excluding tert-OH is 1. The third kappa shape index (κ3) is 2.91. The van der Waals surface area contributed by atoms with Crippen molar-refractivity contribution in [2.75, 3.05) is 13.1 Å². The van der Waals surface area contributed by atoms with Crippen molar-refractivity contribution >= 4 is 0 Å². The van der Waals surface area contributed by atoms with Gasteiger partial charge in [0.1, 0.15) is 0 Å². The largest absolute Gasteiger partial charge is 0.461 e. The standard InChI is InChI=1S/C14H19N3O3/c1-10(18)11-4-2-6-17(8-11)9-13-15-14(16-20-13)12-5-3-7-19-12/h3,5,7,10-11,18H,2,4,6,8-9H2,1H3. The second-order valence-electron chi connectivity index (χ2n) is 5.37. The van der Waals surface area contributed by atoms with Crippen LogP contribution in [0.3, 0.4) is 0 Å². The number of aliphatic hydroxyl groups is 1. The van der Waals surface area contributed by atoms with Gasteiger partial charge in [-0.2, -0.15) is 4.98 Å². The minimum atomic E-state index is -0.265. The molecule has 0 spiro atoms. The highest BCUT2D eigenvalue weighted by Gasteiger charge is 2.24. The van der Waals surface area contributed by atoms with Crippen LogP contribution in [0.25, 0.3) is 11.6 Å². The number of hydrogen-bond acceptors (Lipinski definition) is 6. The molecule has 6 heteroatoms. The van der Waals surface area contributed by atoms with Gasteiger partial charge in [-0.1, -0.05) is 5.16 Å². The summed E-state index contributed by atoms with van der Waals surface area (Å²) in [4.78, 5) is 6.59. The van der Waals surface area contributed by atoms with Gasteiger partial charge in [-0.3, -0.25) is 4.90 Å². The second kappa shape index (κ2) is 5.76. The molecule has 0 bridgehead atoms. The van der Waals surface area contributed by atoms with Gasteiger partial charge >= 0.3 is 0 Å². The summed E-state index contributed by atoms with van der Waals surface area (Å²) in [5.41, 5.74) is 0. The van der Waals surface area contributed by atoms with Crippen molar-refractivity contribution in [1.82, 2.24) is 15.0 Å². The number of rotatable bonds is 4. The molecule has 1 aliphatic rings. The van der Waals surface area contributed by atoms with E-state index in [2.05, 4.69) is 15.0 Å². The summed E-state index contributed by atoms with van der Waals surface area (Å²) in [6.45, 7) is 4.35. The molecular formula is C14H19N3O3. The predicted octanol–water partition coefficient (Wildman–Crippen LogP) is 1.92. The summed E-state index contributed by atoms with van der Waals surface area (Å²) in [6.07, 6.45) is 3.49. The topological polar surface area (TPSA) is 75.5 Å². The van der Waals surface area contributed by atoms with Crippen LogP contribution in [0.15, 0.2) is 27.3 Å². The van der Waals surface area contributed by atoms with Crippen molar-refractivity contribution < 1.29 is 14.0 Å². The molecule has 2 aromatic rings. The van der Waals surface area contributed by atoms with Crippen molar-refractivity contribution in [3.63, 3.8) is 0 Å². The molecule has 0 radical (unpaired) electrons. The molecule has 0 aromatic carbocycles. The fraction of sp³-hybridized carbons (Fsp3) is 0.571. The van der Waals surface area contributed by atoms with Gasteiger partial charge in [0.2, 0.25) is 11.7 Å². The maximum atomic E-state index is 9.70. The molecule has 3 heterocycles. The maximum Gasteiger partial charge on any atom is 0.241 e. The Bertz CT molecular complexity index is 536. The molecule has 1 fully saturated rings. The van der Waals surface area contributed by atoms with Gasteiger partial charge < -0.3 is 14.0 Å². The number of hydrogen-bond donors (Lipinski definition) is 1. The Morgan fingerprint density at radius 3 is 3.20 bits per heavy atom. The van der Waals surface area contributed by atoms with Gasteiger partial charge in [0, 0.05) is 6.54 Å². The van der Waals surface area contributed by atoms with E-state index in [1.165, 1.54) is 0 Å². The number of aromatic nitrogens is 2. The number of piperidine rings is 1. The van der Waals surface area contributed by atoms with Crippen LogP contribution in [0.1, 0.15) is 25.7 Å². The summed E-state index contributed by atoms with van der Waals surface area (Å²) in [5, 5.41) is 13.6. The monoisotopic (exact) mass is 277 g/mol. The second-order valence-corrected chi connectivity index (χ2v) is 5.37. The van der Waals surface area contributed by atoms with Gasteiger partial charge in [-0.05, 0) is 44.4 Å². The zero-order chi connectivity index (χ0) is 13.9. The maximum absolute atomic E-state index is 9.70. The lowest BCUT2D eigenvalue weighted by Crippen LogP contribution is -2.39. The summed E-state index contributed by atoms with van der Waals surface area (Å²) < 4.78 is 10.5. The van der Waals surface area contributed by atoms with Crippen molar-refractivity contribution in [2.45, 2.75) is 32.4 Å². The molecule has 0 saturated carbocycles. The van der Waals surface area contributed by atoms with Gasteiger partial charge in [-0.25, -0.2) is 0 Å². The Balaban J connectivity index is 1.63. The zero-order valence-corrected chi connectivity index (χ0v) is 11.5. The minimum absolute atomic E-state index is 0.265. The molecule has 0 aliphatic carbocycles. The molecule has 1 saturated heterocycles. The highest BCUT2D eigenvalue weighted by atomic mass is 16.5. The molecule has 108 valence electrons. The highest BCUT2D eigenvalue weighted by Crippen LogP contribution is 2.22. The van der Waals surface area contributed by atoms with Crippen molar-refractivity contribution in [1.29, 1.82) is 0 Å². The quantitative estimate of drug-likeness (QED) is 0.920. The first-order valence-corrected chi connectivity index (χ1v) is 6.99. The van der Waals surface area contributed by atoms with E-state index >= 15 is 0 Å². The fourth-order valence-corrected chi connectivity index (χ4v) is 2.64. The van der Waals surface area contributed by atoms with Gasteiger partial charge in [0.15, 0.2) is 5.76 Å². The molecule has 2 atom stereocenters. The van der Waals surface area contributed by atoms with Crippen LogP contribution in [0, 0.1) is 5.92 Å². The smallest absolute Gasteiger partial charge is 0.241 e. The van der Waals surface area contributed by atoms with E-state index in [1.807, 2.05) is 6.92 Å². The molecule has 1 N–H and O–H groups in total. The van der Waals surface area contributed by atoms with Crippen molar-refractivity contribution in [3.8, 4) is 11.6 Å². The van der Waals surface area contributed by atoms with Crippen molar-refractivity contribution in [3.05, 3.63) is 24.3 Å². The van der Waals surface area contributed by atoms with E-state index in [0.717, 1.165) is 25.9 Å². The molecule has 6 nitrogen and oxygen atoms in total. The summed E-state index contributed by atoms with van der Waals surface area (Å²) in [6, 6.07) is 3.60. The fourth-order valence-electron chi connectivity index (χ4n) is 2.64. The van der Waals surface area contributed by atoms with Crippen LogP contribution >= 0.6 is 0 Å². The van der Waals surface area contributed by atoms with E-state index in [-0.39, 0.29) is 6.10 Å². The van der Waals surface area contributed by atoms with E-state index in [1.54, 1.807) is 18.4 Å². The lowest BCUT2D eigenvalue weighted by atomic mass is 9.93. The van der Waals surface area contributed by atoms with Crippen LogP contribution < -0.4 is 0 Å². The third-order valence-corrected chi connectivity index (χ3v) is 3.79. The highest BCUT2D eigenvalue weighted by molar-refractivity contribution is 5.44. The Kier molecular flexibility index (Phi) is 3.84. The Hall–Kier alpha value is -1.66. The lowest BCUT2D eigenvalue weighted by Gasteiger charge is -2.33. The summed E-state index contributed by atoms with van der Waals surface area (Å²) in [5.74, 6) is 2.01. The number of nitrogens with zero attached hydrogens (tertiary/aromatic N) is 3. The van der Waals surface area contributed by atoms with E-state index in [0.29, 0.717) is 29.9 Å². The van der Waals surface area contributed by atoms with Crippen molar-refractivity contribution in [2.24, 2.45) is 5.92 Å². The van der Waals surface area contributed by atoms with E-state index < -0.39 is 0 Å². The summed E-state index contributed by atoms with van der Waals surface area (Å²) in [7, 11) is 0. The Morgan fingerprint density at radius 1 is 1.55 bits per heavy atom.